The molecule has 0 aliphatic heterocycles. The van der Waals surface area contributed by atoms with Crippen LogP contribution in [0, 0.1) is 0 Å². The summed E-state index contributed by atoms with van der Waals surface area (Å²) in [6.07, 6.45) is -4.07. The molecule has 0 bridgehead atoms. The number of hydrogen-bond acceptors (Lipinski definition) is 3. The van der Waals surface area contributed by atoms with Gasteiger partial charge in [0, 0.05) is 18.2 Å². The van der Waals surface area contributed by atoms with Crippen LogP contribution in [0.4, 0.5) is 13.2 Å². The van der Waals surface area contributed by atoms with Gasteiger partial charge in [-0.05, 0) is 18.5 Å². The van der Waals surface area contributed by atoms with Crippen LogP contribution >= 0.6 is 11.6 Å². The first-order valence-electron chi connectivity index (χ1n) is 3.88. The fourth-order valence-electron chi connectivity index (χ4n) is 1.03. The van der Waals surface area contributed by atoms with E-state index in [0.29, 0.717) is 0 Å². The molecule has 0 saturated heterocycles. The number of carbonyl (C=O) groups excluding carboxylic acids is 1. The number of nitrogens with zero attached hydrogens (tertiary/aromatic N) is 2. The predicted molar refractivity (Wildman–Crippen MR) is 46.4 cm³/mol. The van der Waals surface area contributed by atoms with Crippen molar-refractivity contribution < 1.29 is 18.0 Å². The lowest BCUT2D eigenvalue weighted by Gasteiger charge is -2.09. The summed E-state index contributed by atoms with van der Waals surface area (Å²) in [4.78, 5) is 17.2. The normalized spacial score (nSPS) is 11.5. The first-order chi connectivity index (χ1) is 6.80. The molecular formula is C8H6ClF3N2O. The van der Waals surface area contributed by atoms with Crippen LogP contribution in [0.25, 0.3) is 0 Å². The second kappa shape index (κ2) is 4.14. The van der Waals surface area contributed by atoms with Crippen LogP contribution in [0.1, 0.15) is 18.2 Å². The lowest BCUT2D eigenvalue weighted by atomic mass is 10.1. The highest BCUT2D eigenvalue weighted by atomic mass is 35.5. The fourth-order valence-corrected chi connectivity index (χ4v) is 1.16. The molecule has 0 aromatic carbocycles. The van der Waals surface area contributed by atoms with Crippen LogP contribution in [-0.2, 0) is 17.4 Å². The first-order valence-corrected chi connectivity index (χ1v) is 4.26. The number of Topliss-reactive ketones (excluding diaryl/α,β-unsaturated/α-hetero) is 1. The van der Waals surface area contributed by atoms with E-state index in [0.717, 1.165) is 6.20 Å². The Morgan fingerprint density at radius 1 is 1.53 bits per heavy atom. The summed E-state index contributed by atoms with van der Waals surface area (Å²) < 4.78 is 37.3. The number of halogens is 4. The summed E-state index contributed by atoms with van der Waals surface area (Å²) in [7, 11) is 0. The standard InChI is InChI=1S/C8H6ClF3N2O/c1-4(15)2-5-3-13-7(9)14-6(5)8(10,11)12/h3H,2H2,1H3. The Labute approximate surface area is 88.3 Å². The zero-order valence-corrected chi connectivity index (χ0v) is 8.35. The maximum atomic E-state index is 12.4. The molecule has 0 aliphatic carbocycles. The highest BCUT2D eigenvalue weighted by Crippen LogP contribution is 2.30. The zero-order valence-electron chi connectivity index (χ0n) is 7.60. The van der Waals surface area contributed by atoms with Crippen molar-refractivity contribution in [2.24, 2.45) is 0 Å². The van der Waals surface area contributed by atoms with E-state index in [1.54, 1.807) is 0 Å². The Morgan fingerprint density at radius 2 is 2.13 bits per heavy atom. The Bertz CT molecular complexity index is 392. The van der Waals surface area contributed by atoms with Gasteiger partial charge in [0.05, 0.1) is 0 Å². The second-order valence-corrected chi connectivity index (χ2v) is 3.23. The van der Waals surface area contributed by atoms with Crippen LogP contribution in [0.3, 0.4) is 0 Å². The summed E-state index contributed by atoms with van der Waals surface area (Å²) in [5.74, 6) is -0.397. The van der Waals surface area contributed by atoms with Crippen molar-refractivity contribution in [3.63, 3.8) is 0 Å². The van der Waals surface area contributed by atoms with Crippen molar-refractivity contribution in [1.82, 2.24) is 9.97 Å². The van der Waals surface area contributed by atoms with E-state index in [1.807, 2.05) is 0 Å². The quantitative estimate of drug-likeness (QED) is 0.743. The minimum atomic E-state index is -4.63. The number of aromatic nitrogens is 2. The van der Waals surface area contributed by atoms with Gasteiger partial charge in [-0.1, -0.05) is 0 Å². The van der Waals surface area contributed by atoms with Crippen molar-refractivity contribution in [2.45, 2.75) is 19.5 Å². The predicted octanol–water partition coefficient (Wildman–Crippen LogP) is 2.28. The molecule has 0 radical (unpaired) electrons. The van der Waals surface area contributed by atoms with Gasteiger partial charge < -0.3 is 0 Å². The molecule has 0 amide bonds. The Morgan fingerprint density at radius 3 is 2.60 bits per heavy atom. The van der Waals surface area contributed by atoms with E-state index in [4.69, 9.17) is 11.6 Å². The van der Waals surface area contributed by atoms with Gasteiger partial charge in [-0.15, -0.1) is 0 Å². The lowest BCUT2D eigenvalue weighted by molar-refractivity contribution is -0.142. The third-order valence-corrected chi connectivity index (χ3v) is 1.73. The van der Waals surface area contributed by atoms with Gasteiger partial charge in [0.1, 0.15) is 5.78 Å². The molecule has 15 heavy (non-hydrogen) atoms. The first kappa shape index (κ1) is 11.9. The molecule has 1 aromatic heterocycles. The topological polar surface area (TPSA) is 42.9 Å². The molecule has 0 fully saturated rings. The summed E-state index contributed by atoms with van der Waals surface area (Å²) in [6.45, 7) is 1.19. The van der Waals surface area contributed by atoms with Crippen LogP contribution in [-0.4, -0.2) is 15.8 Å². The highest BCUT2D eigenvalue weighted by molar-refractivity contribution is 6.28. The smallest absolute Gasteiger partial charge is 0.300 e. The summed E-state index contributed by atoms with van der Waals surface area (Å²) in [6, 6.07) is 0. The SMILES string of the molecule is CC(=O)Cc1cnc(Cl)nc1C(F)(F)F. The molecule has 0 spiro atoms. The molecule has 0 atom stereocenters. The third-order valence-electron chi connectivity index (χ3n) is 1.54. The van der Waals surface area contributed by atoms with E-state index in [2.05, 4.69) is 9.97 Å². The Hall–Kier alpha value is -1.17. The average Bonchev–Trinajstić information content (AvgIpc) is 2.05. The van der Waals surface area contributed by atoms with Crippen LogP contribution in [0.5, 0.6) is 0 Å². The van der Waals surface area contributed by atoms with Crippen LogP contribution in [0.2, 0.25) is 5.28 Å². The monoisotopic (exact) mass is 238 g/mol. The molecule has 0 unspecified atom stereocenters. The number of rotatable bonds is 2. The molecule has 1 heterocycles. The lowest BCUT2D eigenvalue weighted by Crippen LogP contribution is -2.14. The largest absolute Gasteiger partial charge is 0.433 e. The van der Waals surface area contributed by atoms with Gasteiger partial charge in [-0.25, -0.2) is 9.97 Å². The van der Waals surface area contributed by atoms with Crippen molar-refractivity contribution >= 4 is 17.4 Å². The molecule has 1 aromatic rings. The molecule has 0 aliphatic rings. The highest BCUT2D eigenvalue weighted by Gasteiger charge is 2.36. The van der Waals surface area contributed by atoms with E-state index < -0.39 is 22.9 Å². The van der Waals surface area contributed by atoms with Crippen LogP contribution < -0.4 is 0 Å². The summed E-state index contributed by atoms with van der Waals surface area (Å²) in [5, 5.41) is -0.491. The van der Waals surface area contributed by atoms with Gasteiger partial charge >= 0.3 is 6.18 Å². The van der Waals surface area contributed by atoms with Gasteiger partial charge in [-0.2, -0.15) is 13.2 Å². The van der Waals surface area contributed by atoms with E-state index in [-0.39, 0.29) is 12.0 Å². The molecule has 0 N–H and O–H groups in total. The van der Waals surface area contributed by atoms with Crippen molar-refractivity contribution in [1.29, 1.82) is 0 Å². The van der Waals surface area contributed by atoms with E-state index >= 15 is 0 Å². The number of ketones is 1. The average molecular weight is 239 g/mol. The third kappa shape index (κ3) is 3.16. The van der Waals surface area contributed by atoms with Gasteiger partial charge in [0.25, 0.3) is 0 Å². The number of alkyl halides is 3. The van der Waals surface area contributed by atoms with E-state index in [9.17, 15) is 18.0 Å². The summed E-state index contributed by atoms with van der Waals surface area (Å²) >= 11 is 5.25. The molecule has 0 saturated carbocycles. The molecule has 1 rings (SSSR count). The van der Waals surface area contributed by atoms with Crippen molar-refractivity contribution in [3.05, 3.63) is 22.7 Å². The van der Waals surface area contributed by atoms with Crippen molar-refractivity contribution in [3.8, 4) is 0 Å². The zero-order chi connectivity index (χ0) is 11.6. The Kier molecular flexibility index (Phi) is 3.28. The maximum absolute atomic E-state index is 12.4. The number of carbonyl (C=O) groups is 1. The second-order valence-electron chi connectivity index (χ2n) is 2.89. The molecule has 7 heteroatoms. The van der Waals surface area contributed by atoms with Crippen molar-refractivity contribution in [2.75, 3.05) is 0 Å². The van der Waals surface area contributed by atoms with Gasteiger partial charge in [0.15, 0.2) is 5.69 Å². The number of hydrogen-bond donors (Lipinski definition) is 0. The molecule has 82 valence electrons. The van der Waals surface area contributed by atoms with Gasteiger partial charge in [0.2, 0.25) is 5.28 Å². The van der Waals surface area contributed by atoms with Crippen LogP contribution in [0.15, 0.2) is 6.20 Å². The van der Waals surface area contributed by atoms with Gasteiger partial charge in [-0.3, -0.25) is 4.79 Å². The fraction of sp³-hybridized carbons (Fsp3) is 0.375. The molecular weight excluding hydrogens is 233 g/mol. The summed E-state index contributed by atoms with van der Waals surface area (Å²) in [5.41, 5.74) is -1.42. The molecule has 3 nitrogen and oxygen atoms in total. The maximum Gasteiger partial charge on any atom is 0.433 e. The minimum Gasteiger partial charge on any atom is -0.300 e. The minimum absolute atomic E-state index is 0.264. The van der Waals surface area contributed by atoms with E-state index in [1.165, 1.54) is 6.92 Å². The Balaban J connectivity index is 3.20.